The van der Waals surface area contributed by atoms with Crippen molar-refractivity contribution in [1.82, 2.24) is 10.2 Å². The standard InChI is InChI=1S/C11H20N2O3/c1-7(2)11(8(3)14)12-10(16)6-13-4-9(15)5-13/h7,9,11,15H,4-6H2,1-3H3,(H,12,16). The van der Waals surface area contributed by atoms with E-state index in [1.54, 1.807) is 0 Å². The van der Waals surface area contributed by atoms with Crippen molar-refractivity contribution in [2.75, 3.05) is 19.6 Å². The molecule has 1 unspecified atom stereocenters. The maximum atomic E-state index is 11.6. The molecule has 2 N–H and O–H groups in total. The van der Waals surface area contributed by atoms with E-state index in [9.17, 15) is 9.59 Å². The first-order valence-electron chi connectivity index (χ1n) is 5.60. The number of rotatable bonds is 5. The largest absolute Gasteiger partial charge is 0.390 e. The van der Waals surface area contributed by atoms with Crippen LogP contribution in [0, 0.1) is 5.92 Å². The zero-order chi connectivity index (χ0) is 12.3. The molecule has 1 atom stereocenters. The molecule has 0 saturated carbocycles. The van der Waals surface area contributed by atoms with Crippen molar-refractivity contribution in [3.8, 4) is 0 Å². The van der Waals surface area contributed by atoms with E-state index >= 15 is 0 Å². The van der Waals surface area contributed by atoms with E-state index in [4.69, 9.17) is 5.11 Å². The van der Waals surface area contributed by atoms with E-state index < -0.39 is 6.04 Å². The summed E-state index contributed by atoms with van der Waals surface area (Å²) in [7, 11) is 0. The summed E-state index contributed by atoms with van der Waals surface area (Å²) >= 11 is 0. The fourth-order valence-corrected chi connectivity index (χ4v) is 1.83. The molecule has 1 aliphatic rings. The molecule has 5 heteroatoms. The van der Waals surface area contributed by atoms with E-state index in [2.05, 4.69) is 5.32 Å². The second-order valence-electron chi connectivity index (χ2n) is 4.75. The highest BCUT2D eigenvalue weighted by molar-refractivity contribution is 5.88. The van der Waals surface area contributed by atoms with Gasteiger partial charge in [0.2, 0.25) is 5.91 Å². The average Bonchev–Trinajstić information content (AvgIpc) is 2.10. The zero-order valence-electron chi connectivity index (χ0n) is 10.1. The summed E-state index contributed by atoms with van der Waals surface area (Å²) in [5.74, 6) is -0.0729. The first-order valence-corrected chi connectivity index (χ1v) is 5.60. The van der Waals surface area contributed by atoms with Crippen molar-refractivity contribution in [1.29, 1.82) is 0 Å². The Kier molecular flexibility index (Phi) is 4.44. The van der Waals surface area contributed by atoms with Gasteiger partial charge in [-0.2, -0.15) is 0 Å². The molecule has 0 bridgehead atoms. The van der Waals surface area contributed by atoms with Gasteiger partial charge in [0.15, 0.2) is 5.78 Å². The molecule has 92 valence electrons. The first-order chi connectivity index (χ1) is 7.40. The zero-order valence-corrected chi connectivity index (χ0v) is 10.1. The minimum Gasteiger partial charge on any atom is -0.390 e. The Morgan fingerprint density at radius 1 is 1.44 bits per heavy atom. The highest BCUT2D eigenvalue weighted by Crippen LogP contribution is 2.07. The number of carbonyl (C=O) groups excluding carboxylic acids is 2. The normalized spacial score (nSPS) is 19.3. The Bertz CT molecular complexity index is 272. The lowest BCUT2D eigenvalue weighted by Gasteiger charge is -2.35. The summed E-state index contributed by atoms with van der Waals surface area (Å²) in [4.78, 5) is 24.7. The minimum atomic E-state index is -0.404. The number of likely N-dealkylation sites (tertiary alicyclic amines) is 1. The average molecular weight is 228 g/mol. The van der Waals surface area contributed by atoms with Gasteiger partial charge in [-0.05, 0) is 12.8 Å². The van der Waals surface area contributed by atoms with Gasteiger partial charge in [-0.25, -0.2) is 0 Å². The highest BCUT2D eigenvalue weighted by atomic mass is 16.3. The topological polar surface area (TPSA) is 69.6 Å². The van der Waals surface area contributed by atoms with Gasteiger partial charge < -0.3 is 10.4 Å². The van der Waals surface area contributed by atoms with Gasteiger partial charge in [-0.1, -0.05) is 13.8 Å². The SMILES string of the molecule is CC(=O)C(NC(=O)CN1CC(O)C1)C(C)C. The number of aliphatic hydroxyl groups excluding tert-OH is 1. The van der Waals surface area contributed by atoms with Gasteiger partial charge >= 0.3 is 0 Å². The van der Waals surface area contributed by atoms with Crippen molar-refractivity contribution < 1.29 is 14.7 Å². The second kappa shape index (κ2) is 5.41. The molecule has 0 aromatic carbocycles. The molecular weight excluding hydrogens is 208 g/mol. The number of ketones is 1. The van der Waals surface area contributed by atoms with E-state index in [1.165, 1.54) is 6.92 Å². The molecule has 1 fully saturated rings. The van der Waals surface area contributed by atoms with Crippen LogP contribution in [-0.2, 0) is 9.59 Å². The molecule has 0 spiro atoms. The summed E-state index contributed by atoms with van der Waals surface area (Å²) in [5.41, 5.74) is 0. The number of carbonyl (C=O) groups is 2. The highest BCUT2D eigenvalue weighted by Gasteiger charge is 2.27. The Hall–Kier alpha value is -0.940. The molecule has 0 aromatic heterocycles. The Morgan fingerprint density at radius 3 is 2.38 bits per heavy atom. The Balaban J connectivity index is 2.34. The van der Waals surface area contributed by atoms with Gasteiger partial charge in [0.25, 0.3) is 0 Å². The van der Waals surface area contributed by atoms with Crippen LogP contribution < -0.4 is 5.32 Å². The van der Waals surface area contributed by atoms with Crippen molar-refractivity contribution >= 4 is 11.7 Å². The van der Waals surface area contributed by atoms with Crippen molar-refractivity contribution in [2.24, 2.45) is 5.92 Å². The summed E-state index contributed by atoms with van der Waals surface area (Å²) in [6.07, 6.45) is -0.304. The molecule has 0 aromatic rings. The van der Waals surface area contributed by atoms with Gasteiger partial charge in [0.05, 0.1) is 18.7 Å². The Labute approximate surface area is 95.8 Å². The van der Waals surface area contributed by atoms with Crippen LogP contribution in [0.4, 0.5) is 0 Å². The van der Waals surface area contributed by atoms with Crippen molar-refractivity contribution in [3.05, 3.63) is 0 Å². The van der Waals surface area contributed by atoms with Crippen LogP contribution in [0.15, 0.2) is 0 Å². The van der Waals surface area contributed by atoms with Crippen LogP contribution >= 0.6 is 0 Å². The van der Waals surface area contributed by atoms with Crippen LogP contribution in [0.5, 0.6) is 0 Å². The van der Waals surface area contributed by atoms with E-state index in [1.807, 2.05) is 18.7 Å². The number of nitrogens with one attached hydrogen (secondary N) is 1. The molecule has 5 nitrogen and oxygen atoms in total. The number of hydrogen-bond donors (Lipinski definition) is 2. The van der Waals surface area contributed by atoms with Gasteiger partial charge in [0, 0.05) is 13.1 Å². The first kappa shape index (κ1) is 13.1. The maximum absolute atomic E-state index is 11.6. The number of Topliss-reactive ketones (excluding diaryl/α,β-unsaturated/α-hetero) is 1. The Morgan fingerprint density at radius 2 is 2.00 bits per heavy atom. The number of nitrogens with zero attached hydrogens (tertiary/aromatic N) is 1. The molecular formula is C11H20N2O3. The summed E-state index contributed by atoms with van der Waals surface area (Å²) < 4.78 is 0. The van der Waals surface area contributed by atoms with Gasteiger partial charge in [-0.3, -0.25) is 14.5 Å². The molecule has 0 aliphatic carbocycles. The second-order valence-corrected chi connectivity index (χ2v) is 4.75. The molecule has 1 heterocycles. The van der Waals surface area contributed by atoms with Crippen LogP contribution in [0.25, 0.3) is 0 Å². The predicted molar refractivity (Wildman–Crippen MR) is 59.9 cm³/mol. The van der Waals surface area contributed by atoms with Crippen LogP contribution in [0.3, 0.4) is 0 Å². The van der Waals surface area contributed by atoms with E-state index in [-0.39, 0.29) is 30.3 Å². The quantitative estimate of drug-likeness (QED) is 0.659. The van der Waals surface area contributed by atoms with Crippen molar-refractivity contribution in [2.45, 2.75) is 32.9 Å². The molecule has 0 radical (unpaired) electrons. The summed E-state index contributed by atoms with van der Waals surface area (Å²) in [5, 5.41) is 11.8. The fraction of sp³-hybridized carbons (Fsp3) is 0.818. The van der Waals surface area contributed by atoms with Gasteiger partial charge in [-0.15, -0.1) is 0 Å². The van der Waals surface area contributed by atoms with Crippen LogP contribution in [-0.4, -0.2) is 53.5 Å². The smallest absolute Gasteiger partial charge is 0.234 e. The molecule has 1 amide bonds. The lowest BCUT2D eigenvalue weighted by Crippen LogP contribution is -2.55. The van der Waals surface area contributed by atoms with Crippen molar-refractivity contribution in [3.63, 3.8) is 0 Å². The fourth-order valence-electron chi connectivity index (χ4n) is 1.83. The van der Waals surface area contributed by atoms with Gasteiger partial charge in [0.1, 0.15) is 0 Å². The monoisotopic (exact) mass is 228 g/mol. The van der Waals surface area contributed by atoms with Crippen LogP contribution in [0.1, 0.15) is 20.8 Å². The van der Waals surface area contributed by atoms with E-state index in [0.717, 1.165) is 0 Å². The predicted octanol–water partition coefficient (Wildman–Crippen LogP) is -0.607. The number of hydrogen-bond acceptors (Lipinski definition) is 4. The summed E-state index contributed by atoms with van der Waals surface area (Å²) in [6, 6.07) is -0.404. The lowest BCUT2D eigenvalue weighted by molar-refractivity contribution is -0.130. The third-order valence-corrected chi connectivity index (χ3v) is 2.73. The third kappa shape index (κ3) is 3.57. The molecule has 1 saturated heterocycles. The minimum absolute atomic E-state index is 0.0213. The third-order valence-electron chi connectivity index (χ3n) is 2.73. The number of β-amino-alcohol motifs (C(OH)–C–C–N with tert-alkyl or cyclic N) is 1. The lowest BCUT2D eigenvalue weighted by atomic mass is 10.0. The molecule has 16 heavy (non-hydrogen) atoms. The maximum Gasteiger partial charge on any atom is 0.234 e. The van der Waals surface area contributed by atoms with Crippen LogP contribution in [0.2, 0.25) is 0 Å². The van der Waals surface area contributed by atoms with E-state index in [0.29, 0.717) is 13.1 Å². The summed E-state index contributed by atoms with van der Waals surface area (Å²) in [6.45, 7) is 6.63. The molecule has 1 rings (SSSR count). The number of amides is 1. The molecule has 1 aliphatic heterocycles. The number of aliphatic hydroxyl groups is 1.